The Morgan fingerprint density at radius 3 is 1.82 bits per heavy atom. The lowest BCUT2D eigenvalue weighted by Gasteiger charge is -2.31. The zero-order chi connectivity index (χ0) is 14.1. The van der Waals surface area contributed by atoms with Gasteiger partial charge in [-0.2, -0.15) is 0 Å². The van der Waals surface area contributed by atoms with Gasteiger partial charge in [-0.15, -0.1) is 0 Å². The number of nitrogens with one attached hydrogen (secondary N) is 1. The largest absolute Gasteiger partial charge is 0.369 e. The van der Waals surface area contributed by atoms with E-state index in [1.807, 2.05) is 0 Å². The first-order valence-corrected chi connectivity index (χ1v) is 7.68. The van der Waals surface area contributed by atoms with Crippen LogP contribution in [0, 0.1) is 11.3 Å². The van der Waals surface area contributed by atoms with Gasteiger partial charge in [-0.1, -0.05) is 0 Å². The fraction of sp³-hybridized carbons (Fsp3) is 0.833. The quantitative estimate of drug-likeness (QED) is 0.239. The number of hydrogen-bond acceptors (Lipinski definition) is 5. The average Bonchev–Trinajstić information content (AvgIpc) is 2.09. The fourth-order valence-electron chi connectivity index (χ4n) is 1.15. The van der Waals surface area contributed by atoms with Crippen LogP contribution < -0.4 is 5.73 Å². The molecule has 1 unspecified atom stereocenters. The van der Waals surface area contributed by atoms with Crippen LogP contribution in [0.2, 0.25) is 0 Å². The van der Waals surface area contributed by atoms with Gasteiger partial charge in [0.2, 0.25) is 0 Å². The molecule has 8 N–H and O–H groups in total. The molecule has 0 bridgehead atoms. The minimum Gasteiger partial charge on any atom is -0.368 e. The topological polar surface area (TPSA) is 185 Å². The van der Waals surface area contributed by atoms with Crippen molar-refractivity contribution in [1.29, 1.82) is 5.41 Å². The van der Waals surface area contributed by atoms with Crippen LogP contribution in [-0.2, 0) is 9.13 Å². The maximum absolute atomic E-state index is 11.0. The monoisotopic (exact) mass is 290 g/mol. The van der Waals surface area contributed by atoms with E-state index in [1.165, 1.54) is 6.92 Å². The van der Waals surface area contributed by atoms with Crippen LogP contribution >= 0.6 is 15.2 Å². The Morgan fingerprint density at radius 1 is 1.29 bits per heavy atom. The molecule has 0 rings (SSSR count). The summed E-state index contributed by atoms with van der Waals surface area (Å²) in [7, 11) is -11.0. The van der Waals surface area contributed by atoms with Crippen molar-refractivity contribution < 1.29 is 33.8 Å². The van der Waals surface area contributed by atoms with Gasteiger partial charge in [0, 0.05) is 24.6 Å². The normalized spacial score (nSPS) is 15.7. The Kier molecular flexibility index (Phi) is 5.22. The Bertz CT molecular complexity index is 364. The maximum atomic E-state index is 11.0. The van der Waals surface area contributed by atoms with Crippen molar-refractivity contribution in [3.05, 3.63) is 0 Å². The molecule has 11 heteroatoms. The molecular formula is C6H16N2O7P2. The zero-order valence-corrected chi connectivity index (χ0v) is 10.8. The molecule has 0 saturated carbocycles. The van der Waals surface area contributed by atoms with Crippen LogP contribution in [0.5, 0.6) is 0 Å². The number of aliphatic hydroxyl groups is 1. The number of nitrogens with two attached hydrogens (primary N) is 1. The van der Waals surface area contributed by atoms with Gasteiger partial charge >= 0.3 is 15.2 Å². The van der Waals surface area contributed by atoms with Crippen LogP contribution in [-0.4, -0.2) is 42.0 Å². The van der Waals surface area contributed by atoms with Crippen molar-refractivity contribution in [2.45, 2.75) is 18.4 Å². The van der Waals surface area contributed by atoms with Crippen molar-refractivity contribution in [1.82, 2.24) is 0 Å². The molecule has 0 aromatic rings. The average molecular weight is 290 g/mol. The summed E-state index contributed by atoms with van der Waals surface area (Å²) >= 11 is 0. The molecule has 0 spiro atoms. The van der Waals surface area contributed by atoms with Gasteiger partial charge in [0.25, 0.3) is 5.08 Å². The minimum absolute atomic E-state index is 0.132. The summed E-state index contributed by atoms with van der Waals surface area (Å²) in [5, 5.41) is 13.3. The van der Waals surface area contributed by atoms with Crippen molar-refractivity contribution in [2.24, 2.45) is 11.7 Å². The second kappa shape index (κ2) is 5.26. The van der Waals surface area contributed by atoms with Gasteiger partial charge < -0.3 is 35.8 Å². The van der Waals surface area contributed by atoms with Crippen LogP contribution in [0.25, 0.3) is 0 Å². The van der Waals surface area contributed by atoms with Crippen molar-refractivity contribution in [3.8, 4) is 0 Å². The lowest BCUT2D eigenvalue weighted by atomic mass is 10.0. The van der Waals surface area contributed by atoms with E-state index >= 15 is 0 Å². The van der Waals surface area contributed by atoms with E-state index in [0.29, 0.717) is 0 Å². The third kappa shape index (κ3) is 3.67. The highest BCUT2D eigenvalue weighted by Crippen LogP contribution is 2.69. The van der Waals surface area contributed by atoms with Gasteiger partial charge in [0.15, 0.2) is 0 Å². The first kappa shape index (κ1) is 16.9. The molecule has 9 nitrogen and oxygen atoms in total. The van der Waals surface area contributed by atoms with Gasteiger partial charge in [-0.25, -0.2) is 0 Å². The minimum atomic E-state index is -5.48. The molecule has 0 amide bonds. The molecule has 0 fully saturated rings. The molecule has 0 aliphatic rings. The third-order valence-corrected chi connectivity index (χ3v) is 6.14. The van der Waals surface area contributed by atoms with Gasteiger partial charge in [-0.05, 0) is 6.92 Å². The smallest absolute Gasteiger partial charge is 0.368 e. The van der Waals surface area contributed by atoms with Crippen LogP contribution in [0.4, 0.5) is 0 Å². The molecule has 0 heterocycles. The van der Waals surface area contributed by atoms with Crippen LogP contribution in [0.3, 0.4) is 0 Å². The fourth-order valence-corrected chi connectivity index (χ4v) is 3.43. The molecule has 1 atom stereocenters. The van der Waals surface area contributed by atoms with Crippen molar-refractivity contribution >= 4 is 20.9 Å². The molecule has 0 aromatic heterocycles. The predicted molar refractivity (Wildman–Crippen MR) is 59.6 cm³/mol. The standard InChI is InChI=1S/C6H16N2O7P2/c1-4(8)5(3-7)2-6(9,16(10,11)12)17(13,14)15/h5,8-9H,2-3,7H2,1H3,(H2,10,11,12)(H2,13,14,15). The summed E-state index contributed by atoms with van der Waals surface area (Å²) < 4.78 is 22.0. The first-order chi connectivity index (χ1) is 7.37. The van der Waals surface area contributed by atoms with Crippen molar-refractivity contribution in [2.75, 3.05) is 6.54 Å². The second-order valence-corrected chi connectivity index (χ2v) is 7.69. The zero-order valence-electron chi connectivity index (χ0n) is 9.02. The van der Waals surface area contributed by atoms with Crippen molar-refractivity contribution in [3.63, 3.8) is 0 Å². The van der Waals surface area contributed by atoms with E-state index in [9.17, 15) is 14.2 Å². The summed E-state index contributed by atoms with van der Waals surface area (Å²) in [5.41, 5.74) is 5.08. The van der Waals surface area contributed by atoms with E-state index in [0.717, 1.165) is 0 Å². The molecular weight excluding hydrogens is 274 g/mol. The van der Waals surface area contributed by atoms with E-state index < -0.39 is 32.6 Å². The Balaban J connectivity index is 5.47. The molecule has 17 heavy (non-hydrogen) atoms. The second-order valence-electron chi connectivity index (χ2n) is 3.68. The van der Waals surface area contributed by atoms with E-state index in [1.54, 1.807) is 0 Å². The Hall–Kier alpha value is -0.110. The highest BCUT2D eigenvalue weighted by molar-refractivity contribution is 7.72. The maximum Gasteiger partial charge on any atom is 0.369 e. The van der Waals surface area contributed by atoms with E-state index in [2.05, 4.69) is 0 Å². The van der Waals surface area contributed by atoms with E-state index in [-0.39, 0.29) is 12.3 Å². The summed E-state index contributed by atoms with van der Waals surface area (Å²) in [6.07, 6.45) is -0.979. The third-order valence-electron chi connectivity index (χ3n) is 2.35. The lowest BCUT2D eigenvalue weighted by Crippen LogP contribution is -2.36. The molecule has 102 valence electrons. The Morgan fingerprint density at radius 2 is 1.65 bits per heavy atom. The van der Waals surface area contributed by atoms with Crippen LogP contribution in [0.15, 0.2) is 0 Å². The lowest BCUT2D eigenvalue weighted by molar-refractivity contribution is 0.115. The Labute approximate surface area is 97.5 Å². The van der Waals surface area contributed by atoms with Gasteiger partial charge in [-0.3, -0.25) is 9.13 Å². The highest BCUT2D eigenvalue weighted by atomic mass is 31.2. The number of hydrogen-bond donors (Lipinski definition) is 7. The predicted octanol–water partition coefficient (Wildman–Crippen LogP) is -1.01. The molecule has 0 aliphatic heterocycles. The van der Waals surface area contributed by atoms with Gasteiger partial charge in [0.1, 0.15) is 0 Å². The van der Waals surface area contributed by atoms with Gasteiger partial charge in [0.05, 0.1) is 0 Å². The highest BCUT2D eigenvalue weighted by Gasteiger charge is 2.60. The SMILES string of the molecule is CC(=N)C(CN)CC(O)(P(=O)(O)O)P(=O)(O)O. The first-order valence-electron chi connectivity index (χ1n) is 4.45. The summed E-state index contributed by atoms with van der Waals surface area (Å²) in [5.74, 6) is -1.03. The van der Waals surface area contributed by atoms with Crippen LogP contribution in [0.1, 0.15) is 13.3 Å². The summed E-state index contributed by atoms with van der Waals surface area (Å²) in [4.78, 5) is 35.4. The van der Waals surface area contributed by atoms with E-state index in [4.69, 9.17) is 30.7 Å². The molecule has 0 aromatic carbocycles. The molecule has 0 aliphatic carbocycles. The summed E-state index contributed by atoms with van der Waals surface area (Å²) in [6, 6.07) is 0. The molecule has 0 radical (unpaired) electrons. The number of rotatable bonds is 6. The molecule has 0 saturated heterocycles. The summed E-state index contributed by atoms with van der Waals surface area (Å²) in [6.45, 7) is 0.995.